The second-order valence-electron chi connectivity index (χ2n) is 4.85. The molecule has 2 unspecified atom stereocenters. The monoisotopic (exact) mass is 294 g/mol. The van der Waals surface area contributed by atoms with Crippen LogP contribution in [0, 0.1) is 0 Å². The zero-order valence-electron chi connectivity index (χ0n) is 12.5. The van der Waals surface area contributed by atoms with Gasteiger partial charge in [0.1, 0.15) is 5.01 Å². The molecule has 0 radical (unpaired) electrons. The number of hydrogen-bond donors (Lipinski definition) is 1. The Morgan fingerprint density at radius 2 is 2.20 bits per heavy atom. The van der Waals surface area contributed by atoms with Gasteiger partial charge in [-0.2, -0.15) is 0 Å². The molecule has 2 aromatic heterocycles. The molecule has 0 spiro atoms. The van der Waals surface area contributed by atoms with Gasteiger partial charge in [0.25, 0.3) is 0 Å². The summed E-state index contributed by atoms with van der Waals surface area (Å²) in [6.45, 7) is 7.03. The van der Waals surface area contributed by atoms with Crippen LogP contribution in [0.2, 0.25) is 0 Å². The average molecular weight is 294 g/mol. The summed E-state index contributed by atoms with van der Waals surface area (Å²) in [6, 6.07) is 0.399. The van der Waals surface area contributed by atoms with Gasteiger partial charge in [0.15, 0.2) is 0 Å². The Bertz CT molecular complexity index is 537. The molecule has 0 saturated heterocycles. The lowest BCUT2D eigenvalue weighted by Gasteiger charge is -2.18. The zero-order chi connectivity index (χ0) is 14.5. The second-order valence-corrected chi connectivity index (χ2v) is 5.99. The minimum absolute atomic E-state index is 0.149. The highest BCUT2D eigenvalue weighted by atomic mass is 32.1. The Hall–Kier alpha value is -1.40. The van der Waals surface area contributed by atoms with Crippen molar-refractivity contribution in [2.75, 3.05) is 19.0 Å². The van der Waals surface area contributed by atoms with E-state index in [1.54, 1.807) is 24.6 Å². The van der Waals surface area contributed by atoms with Crippen molar-refractivity contribution in [2.45, 2.75) is 39.3 Å². The van der Waals surface area contributed by atoms with E-state index < -0.39 is 0 Å². The van der Waals surface area contributed by atoms with Gasteiger partial charge < -0.3 is 14.6 Å². The van der Waals surface area contributed by atoms with E-state index in [1.807, 2.05) is 12.4 Å². The quantitative estimate of drug-likeness (QED) is 0.851. The number of nitrogens with zero attached hydrogens (tertiary/aromatic N) is 3. The van der Waals surface area contributed by atoms with E-state index in [9.17, 15) is 0 Å². The van der Waals surface area contributed by atoms with E-state index in [-0.39, 0.29) is 12.1 Å². The van der Waals surface area contributed by atoms with Gasteiger partial charge in [-0.25, -0.2) is 9.97 Å². The molecule has 2 aromatic rings. The Morgan fingerprint density at radius 1 is 1.40 bits per heavy atom. The summed E-state index contributed by atoms with van der Waals surface area (Å²) < 4.78 is 7.29. The Labute approximate surface area is 124 Å². The van der Waals surface area contributed by atoms with Gasteiger partial charge in [-0.05, 0) is 20.3 Å². The van der Waals surface area contributed by atoms with Gasteiger partial charge >= 0.3 is 0 Å². The number of thiazole rings is 1. The number of aryl methyl sites for hydroxylation is 1. The fourth-order valence-electron chi connectivity index (χ4n) is 2.04. The van der Waals surface area contributed by atoms with Crippen molar-refractivity contribution in [1.29, 1.82) is 0 Å². The van der Waals surface area contributed by atoms with Crippen molar-refractivity contribution in [3.8, 4) is 0 Å². The molecule has 0 aliphatic carbocycles. The largest absolute Gasteiger partial charge is 0.383 e. The minimum Gasteiger partial charge on any atom is -0.383 e. The molecule has 2 heterocycles. The Balaban J connectivity index is 2.08. The molecule has 0 saturated carbocycles. The lowest BCUT2D eigenvalue weighted by atomic mass is 10.3. The molecule has 1 N–H and O–H groups in total. The van der Waals surface area contributed by atoms with Crippen LogP contribution in [0.3, 0.4) is 0 Å². The molecule has 0 aromatic carbocycles. The normalized spacial score (nSPS) is 14.2. The maximum Gasteiger partial charge on any atom is 0.203 e. The van der Waals surface area contributed by atoms with Crippen molar-refractivity contribution in [3.63, 3.8) is 0 Å². The molecule has 0 fully saturated rings. The topological polar surface area (TPSA) is 52.0 Å². The third-order valence-electron chi connectivity index (χ3n) is 3.19. The van der Waals surface area contributed by atoms with E-state index >= 15 is 0 Å². The predicted molar refractivity (Wildman–Crippen MR) is 82.3 cm³/mol. The molecule has 0 bridgehead atoms. The number of nitrogens with one attached hydrogen (secondary N) is 1. The number of imidazole rings is 1. The highest BCUT2D eigenvalue weighted by Gasteiger charge is 2.15. The van der Waals surface area contributed by atoms with Crippen LogP contribution in [0.4, 0.5) is 5.95 Å². The highest BCUT2D eigenvalue weighted by molar-refractivity contribution is 7.11. The first kappa shape index (κ1) is 15.0. The minimum atomic E-state index is 0.149. The van der Waals surface area contributed by atoms with Crippen LogP contribution in [0.5, 0.6) is 0 Å². The van der Waals surface area contributed by atoms with Gasteiger partial charge in [-0.15, -0.1) is 11.3 Å². The third kappa shape index (κ3) is 3.37. The maximum atomic E-state index is 5.20. The lowest BCUT2D eigenvalue weighted by Crippen LogP contribution is -2.16. The summed E-state index contributed by atoms with van der Waals surface area (Å²) >= 11 is 1.75. The van der Waals surface area contributed by atoms with Gasteiger partial charge in [0.05, 0.1) is 18.7 Å². The molecular formula is C14H22N4OS. The van der Waals surface area contributed by atoms with E-state index in [2.05, 4.69) is 40.6 Å². The maximum absolute atomic E-state index is 5.20. The van der Waals surface area contributed by atoms with Crippen molar-refractivity contribution in [2.24, 2.45) is 0 Å². The van der Waals surface area contributed by atoms with E-state index in [4.69, 9.17) is 4.74 Å². The fraction of sp³-hybridized carbons (Fsp3) is 0.571. The summed E-state index contributed by atoms with van der Waals surface area (Å²) in [5.74, 6) is 0.857. The van der Waals surface area contributed by atoms with Gasteiger partial charge in [-0.1, -0.05) is 6.92 Å². The number of ether oxygens (including phenoxy) is 1. The number of methoxy groups -OCH3 is 1. The SMILES string of the molecule is CCc1cnc(C(C)Nc2nccn2C(C)COC)s1. The molecular weight excluding hydrogens is 272 g/mol. The highest BCUT2D eigenvalue weighted by Crippen LogP contribution is 2.24. The summed E-state index contributed by atoms with van der Waals surface area (Å²) in [4.78, 5) is 10.2. The number of aromatic nitrogens is 3. The second kappa shape index (κ2) is 6.85. The molecule has 110 valence electrons. The van der Waals surface area contributed by atoms with E-state index in [1.165, 1.54) is 4.88 Å². The zero-order valence-corrected chi connectivity index (χ0v) is 13.3. The van der Waals surface area contributed by atoms with E-state index in [0.29, 0.717) is 6.61 Å². The van der Waals surface area contributed by atoms with Crippen LogP contribution in [0.15, 0.2) is 18.6 Å². The van der Waals surface area contributed by atoms with Crippen molar-refractivity contribution in [1.82, 2.24) is 14.5 Å². The summed E-state index contributed by atoms with van der Waals surface area (Å²) in [7, 11) is 1.71. The fourth-order valence-corrected chi connectivity index (χ4v) is 2.90. The Kier molecular flexibility index (Phi) is 5.14. The molecule has 6 heteroatoms. The third-order valence-corrected chi connectivity index (χ3v) is 4.51. The van der Waals surface area contributed by atoms with Gasteiger partial charge in [0, 0.05) is 30.6 Å². The molecule has 5 nitrogen and oxygen atoms in total. The Morgan fingerprint density at radius 3 is 2.85 bits per heavy atom. The summed E-state index contributed by atoms with van der Waals surface area (Å²) in [5.41, 5.74) is 0. The summed E-state index contributed by atoms with van der Waals surface area (Å²) in [6.07, 6.45) is 6.76. The molecule has 0 aliphatic heterocycles. The first-order valence-corrected chi connectivity index (χ1v) is 7.70. The lowest BCUT2D eigenvalue weighted by molar-refractivity contribution is 0.163. The van der Waals surface area contributed by atoms with Crippen molar-refractivity contribution in [3.05, 3.63) is 28.5 Å². The first-order valence-electron chi connectivity index (χ1n) is 6.88. The molecule has 20 heavy (non-hydrogen) atoms. The van der Waals surface area contributed by atoms with Gasteiger partial charge in [0.2, 0.25) is 5.95 Å². The van der Waals surface area contributed by atoms with Crippen LogP contribution >= 0.6 is 11.3 Å². The van der Waals surface area contributed by atoms with E-state index in [0.717, 1.165) is 17.4 Å². The van der Waals surface area contributed by atoms with Crippen LogP contribution < -0.4 is 5.32 Å². The van der Waals surface area contributed by atoms with Crippen LogP contribution in [0.25, 0.3) is 0 Å². The van der Waals surface area contributed by atoms with Crippen LogP contribution in [0.1, 0.15) is 42.7 Å². The smallest absolute Gasteiger partial charge is 0.203 e. The number of anilines is 1. The van der Waals surface area contributed by atoms with Gasteiger partial charge in [-0.3, -0.25) is 0 Å². The standard InChI is InChI=1S/C14H22N4OS/c1-5-12-8-16-13(20-12)11(3)17-14-15-6-7-18(14)10(2)9-19-4/h6-8,10-11H,5,9H2,1-4H3,(H,15,17). The van der Waals surface area contributed by atoms with Crippen LogP contribution in [-0.4, -0.2) is 28.3 Å². The molecule has 2 rings (SSSR count). The van der Waals surface area contributed by atoms with Crippen molar-refractivity contribution < 1.29 is 4.74 Å². The molecule has 0 amide bonds. The first-order chi connectivity index (χ1) is 9.65. The van der Waals surface area contributed by atoms with Crippen molar-refractivity contribution >= 4 is 17.3 Å². The molecule has 0 aliphatic rings. The predicted octanol–water partition coefficient (Wildman–Crippen LogP) is 3.28. The average Bonchev–Trinajstić information content (AvgIpc) is 3.07. The number of hydrogen-bond acceptors (Lipinski definition) is 5. The molecule has 2 atom stereocenters. The van der Waals surface area contributed by atoms with Crippen LogP contribution in [-0.2, 0) is 11.2 Å². The summed E-state index contributed by atoms with van der Waals surface area (Å²) in [5, 5.41) is 4.52. The number of rotatable bonds is 7.